The van der Waals surface area contributed by atoms with Crippen molar-refractivity contribution in [2.75, 3.05) is 6.61 Å². The maximum atomic E-state index is 13.1. The van der Waals surface area contributed by atoms with Crippen molar-refractivity contribution >= 4 is 11.8 Å². The molecule has 28 heavy (non-hydrogen) atoms. The van der Waals surface area contributed by atoms with E-state index in [4.69, 9.17) is 9.47 Å². The monoisotopic (exact) mass is 374 g/mol. The molecule has 0 aromatic heterocycles. The van der Waals surface area contributed by atoms with E-state index in [1.807, 2.05) is 48.5 Å². The largest absolute Gasteiger partial charge is 0.462 e. The van der Waals surface area contributed by atoms with Crippen molar-refractivity contribution in [2.24, 2.45) is 0 Å². The van der Waals surface area contributed by atoms with Gasteiger partial charge in [0.05, 0.1) is 18.8 Å². The highest BCUT2D eigenvalue weighted by molar-refractivity contribution is 6.00. The second-order valence-electron chi connectivity index (χ2n) is 6.25. The van der Waals surface area contributed by atoms with Crippen molar-refractivity contribution in [3.63, 3.8) is 0 Å². The van der Waals surface area contributed by atoms with Crippen molar-refractivity contribution in [2.45, 2.75) is 19.6 Å². The Balaban J connectivity index is 1.90. The second kappa shape index (κ2) is 9.62. The molecule has 0 radical (unpaired) electrons. The number of ketones is 1. The van der Waals surface area contributed by atoms with E-state index in [1.54, 1.807) is 43.3 Å². The lowest BCUT2D eigenvalue weighted by Crippen LogP contribution is -2.17. The van der Waals surface area contributed by atoms with Crippen LogP contribution in [0.2, 0.25) is 0 Å². The summed E-state index contributed by atoms with van der Waals surface area (Å²) in [5, 5.41) is 0. The normalized spacial score (nSPS) is 11.6. The van der Waals surface area contributed by atoms with Gasteiger partial charge in [0.25, 0.3) is 0 Å². The van der Waals surface area contributed by atoms with Crippen LogP contribution in [0.5, 0.6) is 0 Å². The van der Waals surface area contributed by atoms with E-state index in [0.29, 0.717) is 23.3 Å². The number of carbonyl (C=O) groups excluding carboxylic acids is 2. The van der Waals surface area contributed by atoms with E-state index in [2.05, 4.69) is 0 Å². The lowest BCUT2D eigenvalue weighted by atomic mass is 9.98. The zero-order valence-electron chi connectivity index (χ0n) is 15.7. The molecule has 0 amide bonds. The fraction of sp³-hybridized carbons (Fsp3) is 0.167. The zero-order valence-corrected chi connectivity index (χ0v) is 15.7. The fourth-order valence-electron chi connectivity index (χ4n) is 2.87. The van der Waals surface area contributed by atoms with Gasteiger partial charge in [-0.05, 0) is 30.2 Å². The van der Waals surface area contributed by atoms with E-state index in [1.165, 1.54) is 0 Å². The SMILES string of the molecule is CCOC(=O)c1cccc(C(OCc2ccccc2)C(=O)c2ccccc2)c1. The minimum atomic E-state index is -0.822. The Morgan fingerprint density at radius 3 is 2.14 bits per heavy atom. The van der Waals surface area contributed by atoms with Crippen LogP contribution in [0.4, 0.5) is 0 Å². The molecule has 4 heteroatoms. The molecular formula is C24H22O4. The molecule has 0 saturated carbocycles. The van der Waals surface area contributed by atoms with Crippen LogP contribution in [-0.4, -0.2) is 18.4 Å². The van der Waals surface area contributed by atoms with Gasteiger partial charge in [0.15, 0.2) is 5.78 Å². The maximum absolute atomic E-state index is 13.1. The van der Waals surface area contributed by atoms with Crippen LogP contribution < -0.4 is 0 Å². The quantitative estimate of drug-likeness (QED) is 0.411. The first-order chi connectivity index (χ1) is 13.7. The van der Waals surface area contributed by atoms with Gasteiger partial charge < -0.3 is 9.47 Å². The molecular weight excluding hydrogens is 352 g/mol. The van der Waals surface area contributed by atoms with Gasteiger partial charge in [-0.2, -0.15) is 0 Å². The molecule has 0 aliphatic heterocycles. The average Bonchev–Trinajstić information content (AvgIpc) is 2.75. The molecule has 3 aromatic rings. The molecule has 3 aromatic carbocycles. The van der Waals surface area contributed by atoms with E-state index in [9.17, 15) is 9.59 Å². The first-order valence-electron chi connectivity index (χ1n) is 9.21. The summed E-state index contributed by atoms with van der Waals surface area (Å²) in [7, 11) is 0. The van der Waals surface area contributed by atoms with Gasteiger partial charge >= 0.3 is 5.97 Å². The standard InChI is InChI=1S/C24H22O4/c1-2-27-24(26)21-15-9-14-20(16-21)23(22(25)19-12-7-4-8-13-19)28-17-18-10-5-3-6-11-18/h3-16,23H,2,17H2,1H3. The Hall–Kier alpha value is -3.24. The third kappa shape index (κ3) is 4.93. The summed E-state index contributed by atoms with van der Waals surface area (Å²) < 4.78 is 11.1. The van der Waals surface area contributed by atoms with Crippen LogP contribution in [0.15, 0.2) is 84.9 Å². The number of benzene rings is 3. The van der Waals surface area contributed by atoms with Gasteiger partial charge in [0.1, 0.15) is 6.10 Å². The Bertz CT molecular complexity index is 920. The van der Waals surface area contributed by atoms with Crippen molar-refractivity contribution in [1.29, 1.82) is 0 Å². The van der Waals surface area contributed by atoms with E-state index < -0.39 is 12.1 Å². The topological polar surface area (TPSA) is 52.6 Å². The van der Waals surface area contributed by atoms with Gasteiger partial charge in [-0.1, -0.05) is 72.8 Å². The number of rotatable bonds is 8. The van der Waals surface area contributed by atoms with Gasteiger partial charge in [-0.3, -0.25) is 4.79 Å². The van der Waals surface area contributed by atoms with Gasteiger partial charge in [-0.25, -0.2) is 4.79 Å². The number of ether oxygens (including phenoxy) is 2. The van der Waals surface area contributed by atoms with E-state index in [-0.39, 0.29) is 12.4 Å². The molecule has 3 rings (SSSR count). The Kier molecular flexibility index (Phi) is 6.71. The van der Waals surface area contributed by atoms with Crippen LogP contribution in [-0.2, 0) is 16.1 Å². The summed E-state index contributed by atoms with van der Waals surface area (Å²) in [4.78, 5) is 25.2. The first kappa shape index (κ1) is 19.5. The summed E-state index contributed by atoms with van der Waals surface area (Å²) in [6.45, 7) is 2.33. The molecule has 0 fully saturated rings. The number of carbonyl (C=O) groups is 2. The Morgan fingerprint density at radius 1 is 0.821 bits per heavy atom. The molecule has 0 bridgehead atoms. The lowest BCUT2D eigenvalue weighted by molar-refractivity contribution is 0.0332. The molecule has 0 saturated heterocycles. The number of Topliss-reactive ketones (excluding diaryl/α,β-unsaturated/α-hetero) is 1. The zero-order chi connectivity index (χ0) is 19.8. The Labute approximate surface area is 164 Å². The highest BCUT2D eigenvalue weighted by Crippen LogP contribution is 2.25. The van der Waals surface area contributed by atoms with Crippen LogP contribution in [0.25, 0.3) is 0 Å². The molecule has 1 unspecified atom stereocenters. The summed E-state index contributed by atoms with van der Waals surface area (Å²) in [5.41, 5.74) is 2.54. The van der Waals surface area contributed by atoms with Crippen molar-refractivity contribution in [3.05, 3.63) is 107 Å². The van der Waals surface area contributed by atoms with Crippen molar-refractivity contribution in [1.82, 2.24) is 0 Å². The van der Waals surface area contributed by atoms with Crippen LogP contribution in [0.1, 0.15) is 44.9 Å². The lowest BCUT2D eigenvalue weighted by Gasteiger charge is -2.18. The minimum Gasteiger partial charge on any atom is -0.462 e. The minimum absolute atomic E-state index is 0.155. The molecule has 0 aliphatic carbocycles. The number of hydrogen-bond donors (Lipinski definition) is 0. The number of esters is 1. The molecule has 0 N–H and O–H groups in total. The number of hydrogen-bond acceptors (Lipinski definition) is 4. The van der Waals surface area contributed by atoms with Crippen molar-refractivity contribution in [3.8, 4) is 0 Å². The fourth-order valence-corrected chi connectivity index (χ4v) is 2.87. The van der Waals surface area contributed by atoms with E-state index in [0.717, 1.165) is 5.56 Å². The summed E-state index contributed by atoms with van der Waals surface area (Å²) in [5.74, 6) is -0.573. The molecule has 1 atom stereocenters. The molecule has 0 spiro atoms. The molecule has 0 heterocycles. The predicted molar refractivity (Wildman–Crippen MR) is 107 cm³/mol. The highest BCUT2D eigenvalue weighted by Gasteiger charge is 2.24. The molecule has 142 valence electrons. The highest BCUT2D eigenvalue weighted by atomic mass is 16.5. The maximum Gasteiger partial charge on any atom is 0.338 e. The van der Waals surface area contributed by atoms with Crippen LogP contribution in [0.3, 0.4) is 0 Å². The second-order valence-corrected chi connectivity index (χ2v) is 6.25. The van der Waals surface area contributed by atoms with Gasteiger partial charge in [0, 0.05) is 5.56 Å². The predicted octanol–water partition coefficient (Wildman–Crippen LogP) is 5.00. The average molecular weight is 374 g/mol. The smallest absolute Gasteiger partial charge is 0.338 e. The Morgan fingerprint density at radius 2 is 1.46 bits per heavy atom. The van der Waals surface area contributed by atoms with E-state index >= 15 is 0 Å². The van der Waals surface area contributed by atoms with Gasteiger partial charge in [0.2, 0.25) is 0 Å². The van der Waals surface area contributed by atoms with Crippen molar-refractivity contribution < 1.29 is 19.1 Å². The third-order valence-corrected chi connectivity index (χ3v) is 4.26. The van der Waals surface area contributed by atoms with Crippen LogP contribution >= 0.6 is 0 Å². The summed E-state index contributed by atoms with van der Waals surface area (Å²) >= 11 is 0. The summed E-state index contributed by atoms with van der Waals surface area (Å²) in [6, 6.07) is 25.5. The first-order valence-corrected chi connectivity index (χ1v) is 9.21. The molecule has 4 nitrogen and oxygen atoms in total. The van der Waals surface area contributed by atoms with Gasteiger partial charge in [-0.15, -0.1) is 0 Å². The molecule has 0 aliphatic rings. The third-order valence-electron chi connectivity index (χ3n) is 4.26. The van der Waals surface area contributed by atoms with Crippen LogP contribution in [0, 0.1) is 0 Å². The summed E-state index contributed by atoms with van der Waals surface area (Å²) in [6.07, 6.45) is -0.822.